The SMILES string of the molecule is C1=C[C@H]2CC(=C(c3ccccc3)c3ccccc3)[C@@H](C=C1)C2. The van der Waals surface area contributed by atoms with Gasteiger partial charge >= 0.3 is 0 Å². The van der Waals surface area contributed by atoms with Gasteiger partial charge in [0.15, 0.2) is 0 Å². The first-order chi connectivity index (χ1) is 10.9. The number of allylic oxidation sites excluding steroid dienone is 5. The molecule has 0 nitrogen and oxygen atoms in total. The van der Waals surface area contributed by atoms with Crippen molar-refractivity contribution < 1.29 is 0 Å². The van der Waals surface area contributed by atoms with Crippen LogP contribution in [0.15, 0.2) is 90.5 Å². The van der Waals surface area contributed by atoms with Crippen molar-refractivity contribution >= 4 is 5.57 Å². The third-order valence-electron chi connectivity index (χ3n) is 4.77. The van der Waals surface area contributed by atoms with Gasteiger partial charge in [0.2, 0.25) is 0 Å². The number of fused-ring (bicyclic) bond motifs is 2. The van der Waals surface area contributed by atoms with Crippen LogP contribution >= 0.6 is 0 Å². The molecule has 0 N–H and O–H groups in total. The first-order valence-corrected chi connectivity index (χ1v) is 8.11. The first kappa shape index (κ1) is 13.3. The van der Waals surface area contributed by atoms with E-state index in [1.807, 2.05) is 0 Å². The smallest absolute Gasteiger partial charge is 0.000479 e. The quantitative estimate of drug-likeness (QED) is 0.669. The summed E-state index contributed by atoms with van der Waals surface area (Å²) in [7, 11) is 0. The lowest BCUT2D eigenvalue weighted by molar-refractivity contribution is 0.651. The van der Waals surface area contributed by atoms with Crippen LogP contribution in [0.5, 0.6) is 0 Å². The fourth-order valence-corrected chi connectivity index (χ4v) is 3.78. The molecule has 2 atom stereocenters. The largest absolute Gasteiger partial charge is 0.0811 e. The summed E-state index contributed by atoms with van der Waals surface area (Å²) in [6, 6.07) is 21.7. The van der Waals surface area contributed by atoms with Gasteiger partial charge in [-0.1, -0.05) is 90.5 Å². The molecule has 0 heterocycles. The lowest BCUT2D eigenvalue weighted by Gasteiger charge is -2.17. The predicted molar refractivity (Wildman–Crippen MR) is 93.4 cm³/mol. The van der Waals surface area contributed by atoms with Gasteiger partial charge in [-0.15, -0.1) is 0 Å². The highest BCUT2D eigenvalue weighted by atomic mass is 14.3. The molecule has 0 aromatic heterocycles. The van der Waals surface area contributed by atoms with E-state index in [4.69, 9.17) is 0 Å². The highest BCUT2D eigenvalue weighted by molar-refractivity contribution is 5.83. The summed E-state index contributed by atoms with van der Waals surface area (Å²) < 4.78 is 0. The summed E-state index contributed by atoms with van der Waals surface area (Å²) >= 11 is 0. The minimum atomic E-state index is 0.579. The van der Waals surface area contributed by atoms with Gasteiger partial charge in [0.25, 0.3) is 0 Å². The molecule has 2 aliphatic carbocycles. The lowest BCUT2D eigenvalue weighted by atomic mass is 9.88. The van der Waals surface area contributed by atoms with Crippen molar-refractivity contribution in [2.45, 2.75) is 12.8 Å². The Kier molecular flexibility index (Phi) is 3.52. The number of hydrogen-bond acceptors (Lipinski definition) is 0. The van der Waals surface area contributed by atoms with Crippen LogP contribution in [0.4, 0.5) is 0 Å². The zero-order valence-electron chi connectivity index (χ0n) is 12.7. The highest BCUT2D eigenvalue weighted by Gasteiger charge is 2.30. The first-order valence-electron chi connectivity index (χ1n) is 8.11. The molecule has 0 heteroatoms. The Labute approximate surface area is 132 Å². The van der Waals surface area contributed by atoms with Crippen LogP contribution in [0.1, 0.15) is 24.0 Å². The highest BCUT2D eigenvalue weighted by Crippen LogP contribution is 2.44. The predicted octanol–water partition coefficient (Wildman–Crippen LogP) is 5.64. The van der Waals surface area contributed by atoms with E-state index >= 15 is 0 Å². The van der Waals surface area contributed by atoms with Gasteiger partial charge < -0.3 is 0 Å². The maximum Gasteiger partial charge on any atom is -0.000479 e. The molecule has 22 heavy (non-hydrogen) atoms. The Morgan fingerprint density at radius 3 is 1.95 bits per heavy atom. The molecule has 2 bridgehead atoms. The summed E-state index contributed by atoms with van der Waals surface area (Å²) in [4.78, 5) is 0. The van der Waals surface area contributed by atoms with E-state index in [0.717, 1.165) is 0 Å². The summed E-state index contributed by atoms with van der Waals surface area (Å²) in [5.74, 6) is 1.27. The molecule has 0 aliphatic heterocycles. The third-order valence-corrected chi connectivity index (χ3v) is 4.77. The van der Waals surface area contributed by atoms with Gasteiger partial charge in [-0.25, -0.2) is 0 Å². The molecule has 0 radical (unpaired) electrons. The number of hydrogen-bond donors (Lipinski definition) is 0. The Morgan fingerprint density at radius 2 is 1.32 bits per heavy atom. The Balaban J connectivity index is 1.90. The van der Waals surface area contributed by atoms with E-state index in [-0.39, 0.29) is 0 Å². The maximum absolute atomic E-state index is 2.38. The Bertz CT molecular complexity index is 691. The number of benzene rings is 2. The van der Waals surface area contributed by atoms with E-state index in [1.165, 1.54) is 29.5 Å². The lowest BCUT2D eigenvalue weighted by Crippen LogP contribution is -1.99. The van der Waals surface area contributed by atoms with Crippen molar-refractivity contribution in [3.8, 4) is 0 Å². The molecule has 0 unspecified atom stereocenters. The fourth-order valence-electron chi connectivity index (χ4n) is 3.78. The van der Waals surface area contributed by atoms with Crippen LogP contribution in [0.2, 0.25) is 0 Å². The minimum absolute atomic E-state index is 0.579. The second-order valence-corrected chi connectivity index (χ2v) is 6.21. The molecule has 2 aromatic carbocycles. The second kappa shape index (κ2) is 5.81. The van der Waals surface area contributed by atoms with E-state index in [2.05, 4.69) is 85.0 Å². The van der Waals surface area contributed by atoms with Crippen molar-refractivity contribution in [1.29, 1.82) is 0 Å². The average molecular weight is 284 g/mol. The molecule has 108 valence electrons. The van der Waals surface area contributed by atoms with E-state index < -0.39 is 0 Å². The topological polar surface area (TPSA) is 0 Å². The average Bonchev–Trinajstić information content (AvgIpc) is 2.80. The standard InChI is InChI=1S/C22H20/c1-3-10-18(11-4-1)22(19-12-5-2-6-13-19)21-16-17-9-7-8-14-20(21)15-17/h1-14,17,20H,15-16H2/t17-,20+/m1/s1. The van der Waals surface area contributed by atoms with Crippen LogP contribution in [0, 0.1) is 11.8 Å². The van der Waals surface area contributed by atoms with Gasteiger partial charge in [0.1, 0.15) is 0 Å². The summed E-state index contributed by atoms with van der Waals surface area (Å²) in [6.07, 6.45) is 11.6. The molecule has 0 amide bonds. The molecular weight excluding hydrogens is 264 g/mol. The van der Waals surface area contributed by atoms with Crippen molar-refractivity contribution in [3.63, 3.8) is 0 Å². The van der Waals surface area contributed by atoms with E-state index in [0.29, 0.717) is 11.8 Å². The van der Waals surface area contributed by atoms with Crippen molar-refractivity contribution in [3.05, 3.63) is 102 Å². The zero-order chi connectivity index (χ0) is 14.8. The van der Waals surface area contributed by atoms with Crippen molar-refractivity contribution in [2.75, 3.05) is 0 Å². The molecular formula is C22H20. The minimum Gasteiger partial charge on any atom is -0.0811 e. The Morgan fingerprint density at radius 1 is 0.727 bits per heavy atom. The maximum atomic E-state index is 2.38. The van der Waals surface area contributed by atoms with Crippen LogP contribution in [-0.2, 0) is 0 Å². The van der Waals surface area contributed by atoms with E-state index in [9.17, 15) is 0 Å². The zero-order valence-corrected chi connectivity index (χ0v) is 12.7. The Hall–Kier alpha value is -2.34. The van der Waals surface area contributed by atoms with E-state index in [1.54, 1.807) is 5.57 Å². The van der Waals surface area contributed by atoms with Crippen LogP contribution in [0.3, 0.4) is 0 Å². The normalized spacial score (nSPS) is 22.6. The third kappa shape index (κ3) is 2.46. The molecule has 1 saturated carbocycles. The van der Waals surface area contributed by atoms with Crippen LogP contribution < -0.4 is 0 Å². The van der Waals surface area contributed by atoms with Crippen LogP contribution in [-0.4, -0.2) is 0 Å². The molecule has 1 fully saturated rings. The van der Waals surface area contributed by atoms with Gasteiger partial charge in [0.05, 0.1) is 0 Å². The van der Waals surface area contributed by atoms with Gasteiger partial charge in [-0.05, 0) is 41.4 Å². The van der Waals surface area contributed by atoms with Crippen molar-refractivity contribution in [1.82, 2.24) is 0 Å². The molecule has 2 aliphatic rings. The molecule has 0 spiro atoms. The summed E-state index contributed by atoms with van der Waals surface area (Å²) in [5, 5.41) is 0. The van der Waals surface area contributed by atoms with Gasteiger partial charge in [0, 0.05) is 0 Å². The van der Waals surface area contributed by atoms with Crippen molar-refractivity contribution in [2.24, 2.45) is 11.8 Å². The summed E-state index contributed by atoms with van der Waals surface area (Å²) in [6.45, 7) is 0. The molecule has 4 rings (SSSR count). The second-order valence-electron chi connectivity index (χ2n) is 6.21. The van der Waals surface area contributed by atoms with Gasteiger partial charge in [-0.2, -0.15) is 0 Å². The molecule has 2 aromatic rings. The molecule has 0 saturated heterocycles. The fraction of sp³-hybridized carbons (Fsp3) is 0.182. The monoisotopic (exact) mass is 284 g/mol. The van der Waals surface area contributed by atoms with Crippen LogP contribution in [0.25, 0.3) is 5.57 Å². The van der Waals surface area contributed by atoms with Gasteiger partial charge in [-0.3, -0.25) is 0 Å². The summed E-state index contributed by atoms with van der Waals surface area (Å²) in [5.41, 5.74) is 5.72. The number of rotatable bonds is 2.